The van der Waals surface area contributed by atoms with Gasteiger partial charge in [-0.2, -0.15) is 0 Å². The van der Waals surface area contributed by atoms with Gasteiger partial charge in [0.05, 0.1) is 25.9 Å². The summed E-state index contributed by atoms with van der Waals surface area (Å²) in [5.41, 5.74) is 0. The van der Waals surface area contributed by atoms with E-state index in [9.17, 15) is 14.4 Å². The summed E-state index contributed by atoms with van der Waals surface area (Å²) in [5, 5.41) is 13.8. The molecule has 0 aromatic heterocycles. The minimum atomic E-state index is -1.03. The molecular weight excluding hydrogens is 256 g/mol. The highest BCUT2D eigenvalue weighted by Gasteiger charge is 2.35. The number of aliphatic carboxylic acids is 1. The Morgan fingerprint density at radius 3 is 2.68 bits per heavy atom. The Balaban J connectivity index is 2.42. The van der Waals surface area contributed by atoms with Gasteiger partial charge >= 0.3 is 18.0 Å². The molecule has 2 amide bonds. The maximum atomic E-state index is 11.6. The van der Waals surface area contributed by atoms with Gasteiger partial charge < -0.3 is 25.2 Å². The van der Waals surface area contributed by atoms with E-state index in [-0.39, 0.29) is 19.8 Å². The van der Waals surface area contributed by atoms with Gasteiger partial charge in [0.2, 0.25) is 0 Å². The van der Waals surface area contributed by atoms with Crippen LogP contribution in [0.25, 0.3) is 0 Å². The Morgan fingerprint density at radius 2 is 2.11 bits per heavy atom. The number of nitrogens with one attached hydrogen (secondary N) is 2. The molecule has 108 valence electrons. The first-order valence-electron chi connectivity index (χ1n) is 6.00. The number of carboxylic acid groups (broad SMARTS) is 1. The van der Waals surface area contributed by atoms with Crippen LogP contribution in [-0.2, 0) is 19.1 Å². The van der Waals surface area contributed by atoms with Crippen molar-refractivity contribution in [2.45, 2.75) is 25.9 Å². The molecule has 1 rings (SSSR count). The van der Waals surface area contributed by atoms with Crippen molar-refractivity contribution in [3.8, 4) is 0 Å². The number of hydrogen-bond donors (Lipinski definition) is 3. The summed E-state index contributed by atoms with van der Waals surface area (Å²) in [6.45, 7) is 3.57. The lowest BCUT2D eigenvalue weighted by atomic mass is 10.0. The Morgan fingerprint density at radius 1 is 1.42 bits per heavy atom. The highest BCUT2D eigenvalue weighted by atomic mass is 16.5. The minimum absolute atomic E-state index is 0.0632. The average Bonchev–Trinajstić information content (AvgIpc) is 2.77. The third-order valence-electron chi connectivity index (χ3n) is 2.70. The number of amides is 2. The Bertz CT molecular complexity index is 359. The minimum Gasteiger partial charge on any atom is -0.481 e. The molecule has 1 aliphatic heterocycles. The number of carbonyl (C=O) groups excluding carboxylic acids is 2. The summed E-state index contributed by atoms with van der Waals surface area (Å²) in [4.78, 5) is 33.8. The summed E-state index contributed by atoms with van der Waals surface area (Å²) >= 11 is 0. The monoisotopic (exact) mass is 274 g/mol. The maximum absolute atomic E-state index is 11.6. The van der Waals surface area contributed by atoms with Crippen LogP contribution in [0, 0.1) is 5.92 Å². The molecule has 1 heterocycles. The quantitative estimate of drug-likeness (QED) is 0.573. The number of rotatable bonds is 5. The molecule has 0 radical (unpaired) electrons. The number of hydrogen-bond acceptors (Lipinski definition) is 5. The fourth-order valence-corrected chi connectivity index (χ4v) is 1.67. The van der Waals surface area contributed by atoms with Crippen molar-refractivity contribution in [3.05, 3.63) is 0 Å². The fourth-order valence-electron chi connectivity index (χ4n) is 1.67. The summed E-state index contributed by atoms with van der Waals surface area (Å²) in [6.07, 6.45) is 0. The van der Waals surface area contributed by atoms with Crippen molar-refractivity contribution in [1.29, 1.82) is 0 Å². The maximum Gasteiger partial charge on any atom is 0.328 e. The number of esters is 1. The first-order valence-corrected chi connectivity index (χ1v) is 6.00. The van der Waals surface area contributed by atoms with Crippen LogP contribution in [0.15, 0.2) is 0 Å². The molecule has 1 saturated heterocycles. The Hall–Kier alpha value is -1.83. The second-order valence-electron chi connectivity index (χ2n) is 4.18. The standard InChI is InChI=1S/C11H18N2O6/c1-3-19-10(16)6(2)12-11(17)13-8-5-18-4-7(8)9(14)15/h6-8H,3-5H2,1-2H3,(H,14,15)(H2,12,13,17). The summed E-state index contributed by atoms with van der Waals surface area (Å²) in [7, 11) is 0. The average molecular weight is 274 g/mol. The van der Waals surface area contributed by atoms with Crippen LogP contribution in [0.3, 0.4) is 0 Å². The first kappa shape index (κ1) is 15.2. The van der Waals surface area contributed by atoms with Crippen LogP contribution in [0.1, 0.15) is 13.8 Å². The van der Waals surface area contributed by atoms with Gasteiger partial charge in [-0.05, 0) is 13.8 Å². The van der Waals surface area contributed by atoms with Gasteiger partial charge in [0.15, 0.2) is 0 Å². The van der Waals surface area contributed by atoms with Gasteiger partial charge in [0.1, 0.15) is 12.0 Å². The molecule has 19 heavy (non-hydrogen) atoms. The molecule has 8 heteroatoms. The van der Waals surface area contributed by atoms with Crippen LogP contribution in [-0.4, -0.2) is 55.0 Å². The smallest absolute Gasteiger partial charge is 0.328 e. The third-order valence-corrected chi connectivity index (χ3v) is 2.70. The summed E-state index contributed by atoms with van der Waals surface area (Å²) < 4.78 is 9.74. The summed E-state index contributed by atoms with van der Waals surface area (Å²) in [5.74, 6) is -2.35. The molecule has 0 aromatic carbocycles. The van der Waals surface area contributed by atoms with Crippen LogP contribution in [0.4, 0.5) is 4.79 Å². The lowest BCUT2D eigenvalue weighted by molar-refractivity contribution is -0.145. The van der Waals surface area contributed by atoms with Crippen molar-refractivity contribution in [3.63, 3.8) is 0 Å². The van der Waals surface area contributed by atoms with Gasteiger partial charge in [-0.15, -0.1) is 0 Å². The molecule has 3 unspecified atom stereocenters. The number of ether oxygens (including phenoxy) is 2. The van der Waals surface area contributed by atoms with Gasteiger partial charge in [0, 0.05) is 0 Å². The second kappa shape index (κ2) is 6.93. The van der Waals surface area contributed by atoms with E-state index in [4.69, 9.17) is 14.6 Å². The molecule has 3 atom stereocenters. The van der Waals surface area contributed by atoms with E-state index in [1.165, 1.54) is 6.92 Å². The van der Waals surface area contributed by atoms with E-state index in [1.807, 2.05) is 0 Å². The fraction of sp³-hybridized carbons (Fsp3) is 0.727. The predicted molar refractivity (Wildman–Crippen MR) is 63.5 cm³/mol. The predicted octanol–water partition coefficient (Wildman–Crippen LogP) is -0.663. The molecule has 0 aliphatic carbocycles. The highest BCUT2D eigenvalue weighted by molar-refractivity contribution is 5.83. The van der Waals surface area contributed by atoms with Crippen molar-refractivity contribution in [2.75, 3.05) is 19.8 Å². The largest absolute Gasteiger partial charge is 0.481 e. The Labute approximate surface area is 110 Å². The van der Waals surface area contributed by atoms with Gasteiger partial charge in [-0.25, -0.2) is 9.59 Å². The first-order chi connectivity index (χ1) is 8.95. The Kier molecular flexibility index (Phi) is 5.56. The van der Waals surface area contributed by atoms with Crippen molar-refractivity contribution in [1.82, 2.24) is 10.6 Å². The lowest BCUT2D eigenvalue weighted by Gasteiger charge is -2.18. The van der Waals surface area contributed by atoms with Gasteiger partial charge in [-0.3, -0.25) is 4.79 Å². The lowest BCUT2D eigenvalue weighted by Crippen LogP contribution is -2.51. The van der Waals surface area contributed by atoms with Crippen LogP contribution < -0.4 is 10.6 Å². The van der Waals surface area contributed by atoms with Gasteiger partial charge in [-0.1, -0.05) is 0 Å². The summed E-state index contributed by atoms with van der Waals surface area (Å²) in [6, 6.07) is -2.03. The molecule has 1 fully saturated rings. The second-order valence-corrected chi connectivity index (χ2v) is 4.18. The van der Waals surface area contributed by atoms with E-state index in [1.54, 1.807) is 6.92 Å². The zero-order valence-corrected chi connectivity index (χ0v) is 10.8. The van der Waals surface area contributed by atoms with E-state index in [2.05, 4.69) is 10.6 Å². The van der Waals surface area contributed by atoms with Crippen molar-refractivity contribution >= 4 is 18.0 Å². The van der Waals surface area contributed by atoms with Crippen LogP contribution in [0.2, 0.25) is 0 Å². The molecule has 0 spiro atoms. The van der Waals surface area contributed by atoms with Gasteiger partial charge in [0.25, 0.3) is 0 Å². The zero-order chi connectivity index (χ0) is 14.4. The third kappa shape index (κ3) is 4.40. The molecular formula is C11H18N2O6. The molecule has 0 bridgehead atoms. The topological polar surface area (TPSA) is 114 Å². The highest BCUT2D eigenvalue weighted by Crippen LogP contribution is 2.13. The number of urea groups is 1. The number of carboxylic acids is 1. The van der Waals surface area contributed by atoms with E-state index in [0.717, 1.165) is 0 Å². The number of carbonyl (C=O) groups is 3. The molecule has 0 saturated carbocycles. The van der Waals surface area contributed by atoms with E-state index >= 15 is 0 Å². The van der Waals surface area contributed by atoms with Crippen molar-refractivity contribution in [2.24, 2.45) is 5.92 Å². The van der Waals surface area contributed by atoms with E-state index in [0.29, 0.717) is 0 Å². The van der Waals surface area contributed by atoms with Crippen LogP contribution in [0.5, 0.6) is 0 Å². The SMILES string of the molecule is CCOC(=O)C(C)NC(=O)NC1COCC1C(=O)O. The van der Waals surface area contributed by atoms with Crippen molar-refractivity contribution < 1.29 is 29.0 Å². The van der Waals surface area contributed by atoms with E-state index < -0.39 is 36.0 Å². The van der Waals surface area contributed by atoms with Crippen LogP contribution >= 0.6 is 0 Å². The molecule has 1 aliphatic rings. The molecule has 8 nitrogen and oxygen atoms in total. The zero-order valence-electron chi connectivity index (χ0n) is 10.8. The normalized spacial score (nSPS) is 23.5. The molecule has 3 N–H and O–H groups in total. The molecule has 0 aromatic rings.